The van der Waals surface area contributed by atoms with Crippen LogP contribution in [0.25, 0.3) is 0 Å². The highest BCUT2D eigenvalue weighted by atomic mass is 32.2. The van der Waals surface area contributed by atoms with Crippen LogP contribution >= 0.6 is 11.8 Å². The lowest BCUT2D eigenvalue weighted by molar-refractivity contribution is -0.131. The maximum atomic E-state index is 12.1. The quantitative estimate of drug-likeness (QED) is 0.801. The molecular formula is C12H17N5O2S. The third-order valence-corrected chi connectivity index (χ3v) is 4.55. The number of aromatic nitrogens is 3. The van der Waals surface area contributed by atoms with Gasteiger partial charge in [0.1, 0.15) is 12.4 Å². The van der Waals surface area contributed by atoms with E-state index >= 15 is 0 Å². The number of carbonyl (C=O) groups is 2. The SMILES string of the molecule is CN(Cc1nnc2n1CCC2)C(=O)CN1CCSC1=O. The summed E-state index contributed by atoms with van der Waals surface area (Å²) in [6.07, 6.45) is 2.05. The van der Waals surface area contributed by atoms with Crippen LogP contribution in [0.3, 0.4) is 0 Å². The predicted molar refractivity (Wildman–Crippen MR) is 74.2 cm³/mol. The molecule has 7 nitrogen and oxygen atoms in total. The molecule has 0 bridgehead atoms. The van der Waals surface area contributed by atoms with Gasteiger partial charge in [-0.25, -0.2) is 0 Å². The number of carbonyl (C=O) groups excluding carboxylic acids is 2. The third-order valence-electron chi connectivity index (χ3n) is 3.66. The van der Waals surface area contributed by atoms with Crippen LogP contribution in [0.2, 0.25) is 0 Å². The van der Waals surface area contributed by atoms with Crippen molar-refractivity contribution < 1.29 is 9.59 Å². The van der Waals surface area contributed by atoms with Gasteiger partial charge in [-0.05, 0) is 6.42 Å². The molecule has 2 aliphatic heterocycles. The number of rotatable bonds is 4. The maximum absolute atomic E-state index is 12.1. The number of nitrogens with zero attached hydrogens (tertiary/aromatic N) is 5. The molecule has 2 aliphatic rings. The fourth-order valence-corrected chi connectivity index (χ4v) is 3.31. The first-order valence-corrected chi connectivity index (χ1v) is 7.70. The number of hydrogen-bond donors (Lipinski definition) is 0. The van der Waals surface area contributed by atoms with Crippen molar-refractivity contribution in [2.24, 2.45) is 0 Å². The number of likely N-dealkylation sites (N-methyl/N-ethyl adjacent to an activating group) is 1. The van der Waals surface area contributed by atoms with Crippen LogP contribution in [-0.4, -0.2) is 61.6 Å². The summed E-state index contributed by atoms with van der Waals surface area (Å²) >= 11 is 1.27. The van der Waals surface area contributed by atoms with Crippen LogP contribution in [0.4, 0.5) is 4.79 Å². The molecule has 2 amide bonds. The molecule has 0 atom stereocenters. The number of hydrogen-bond acceptors (Lipinski definition) is 5. The second kappa shape index (κ2) is 5.43. The van der Waals surface area contributed by atoms with E-state index < -0.39 is 0 Å². The molecule has 108 valence electrons. The van der Waals surface area contributed by atoms with Crippen LogP contribution in [0.15, 0.2) is 0 Å². The largest absolute Gasteiger partial charge is 0.337 e. The molecule has 0 N–H and O–H groups in total. The van der Waals surface area contributed by atoms with Gasteiger partial charge in [0, 0.05) is 32.3 Å². The van der Waals surface area contributed by atoms with Gasteiger partial charge in [-0.1, -0.05) is 11.8 Å². The minimum absolute atomic E-state index is 0.00452. The summed E-state index contributed by atoms with van der Waals surface area (Å²) in [5.74, 6) is 2.55. The van der Waals surface area contributed by atoms with Crippen LogP contribution in [0.1, 0.15) is 18.1 Å². The summed E-state index contributed by atoms with van der Waals surface area (Å²) in [4.78, 5) is 26.8. The Morgan fingerprint density at radius 2 is 2.25 bits per heavy atom. The standard InChI is InChI=1S/C12H17N5O2S/c1-15(11(18)8-16-5-6-20-12(16)19)7-10-14-13-9-3-2-4-17(9)10/h2-8H2,1H3. The van der Waals surface area contributed by atoms with Crippen LogP contribution in [0.5, 0.6) is 0 Å². The Labute approximate surface area is 121 Å². The Kier molecular flexibility index (Phi) is 3.64. The number of amides is 2. The average Bonchev–Trinajstić information content (AvgIpc) is 3.10. The summed E-state index contributed by atoms with van der Waals surface area (Å²) in [7, 11) is 1.74. The Hall–Kier alpha value is -1.57. The zero-order valence-electron chi connectivity index (χ0n) is 11.4. The van der Waals surface area contributed by atoms with Crippen LogP contribution in [0, 0.1) is 0 Å². The fraction of sp³-hybridized carbons (Fsp3) is 0.667. The molecule has 3 heterocycles. The van der Waals surface area contributed by atoms with Crippen molar-refractivity contribution in [3.05, 3.63) is 11.6 Å². The number of aryl methyl sites for hydroxylation is 1. The first-order chi connectivity index (χ1) is 9.65. The van der Waals surface area contributed by atoms with Crippen molar-refractivity contribution >= 4 is 22.9 Å². The minimum atomic E-state index is -0.0591. The van der Waals surface area contributed by atoms with E-state index in [1.54, 1.807) is 16.8 Å². The van der Waals surface area contributed by atoms with Crippen molar-refractivity contribution in [2.75, 3.05) is 25.9 Å². The molecule has 1 fully saturated rings. The monoisotopic (exact) mass is 295 g/mol. The Morgan fingerprint density at radius 1 is 1.40 bits per heavy atom. The topological polar surface area (TPSA) is 71.3 Å². The lowest BCUT2D eigenvalue weighted by Gasteiger charge is -2.20. The van der Waals surface area contributed by atoms with Crippen molar-refractivity contribution in [1.82, 2.24) is 24.6 Å². The van der Waals surface area contributed by atoms with Gasteiger partial charge in [-0.3, -0.25) is 9.59 Å². The van der Waals surface area contributed by atoms with Crippen LogP contribution < -0.4 is 0 Å². The molecule has 8 heteroatoms. The van der Waals surface area contributed by atoms with Crippen LogP contribution in [-0.2, 0) is 24.3 Å². The number of thioether (sulfide) groups is 1. The third kappa shape index (κ3) is 2.52. The molecule has 0 spiro atoms. The predicted octanol–water partition coefficient (Wildman–Crippen LogP) is 0.351. The minimum Gasteiger partial charge on any atom is -0.337 e. The molecule has 1 aromatic heterocycles. The van der Waals surface area contributed by atoms with Gasteiger partial charge >= 0.3 is 0 Å². The Morgan fingerprint density at radius 3 is 3.00 bits per heavy atom. The molecule has 0 unspecified atom stereocenters. The zero-order chi connectivity index (χ0) is 14.1. The van der Waals surface area contributed by atoms with Crippen molar-refractivity contribution in [1.29, 1.82) is 0 Å². The van der Waals surface area contributed by atoms with Gasteiger partial charge < -0.3 is 14.4 Å². The Bertz CT molecular complexity index is 544. The Balaban J connectivity index is 1.59. The highest BCUT2D eigenvalue weighted by Gasteiger charge is 2.25. The van der Waals surface area contributed by atoms with E-state index in [4.69, 9.17) is 0 Å². The fourth-order valence-electron chi connectivity index (χ4n) is 2.48. The van der Waals surface area contributed by atoms with E-state index in [0.717, 1.165) is 36.8 Å². The summed E-state index contributed by atoms with van der Waals surface area (Å²) in [5.41, 5.74) is 0. The summed E-state index contributed by atoms with van der Waals surface area (Å²) in [6, 6.07) is 0. The maximum Gasteiger partial charge on any atom is 0.282 e. The summed E-state index contributed by atoms with van der Waals surface area (Å²) in [5, 5.41) is 8.27. The van der Waals surface area contributed by atoms with Gasteiger partial charge in [-0.15, -0.1) is 10.2 Å². The zero-order valence-corrected chi connectivity index (χ0v) is 12.2. The van der Waals surface area contributed by atoms with Crippen molar-refractivity contribution in [3.8, 4) is 0 Å². The smallest absolute Gasteiger partial charge is 0.282 e. The van der Waals surface area contributed by atoms with E-state index in [1.807, 2.05) is 0 Å². The summed E-state index contributed by atoms with van der Waals surface area (Å²) < 4.78 is 2.08. The van der Waals surface area contributed by atoms with E-state index in [1.165, 1.54) is 11.8 Å². The van der Waals surface area contributed by atoms with Crippen molar-refractivity contribution in [2.45, 2.75) is 25.9 Å². The molecule has 20 heavy (non-hydrogen) atoms. The number of fused-ring (bicyclic) bond motifs is 1. The van der Waals surface area contributed by atoms with Crippen molar-refractivity contribution in [3.63, 3.8) is 0 Å². The van der Waals surface area contributed by atoms with Gasteiger partial charge in [-0.2, -0.15) is 0 Å². The van der Waals surface area contributed by atoms with E-state index in [2.05, 4.69) is 14.8 Å². The highest BCUT2D eigenvalue weighted by Crippen LogP contribution is 2.18. The normalized spacial score (nSPS) is 17.6. The molecule has 0 aliphatic carbocycles. The first-order valence-electron chi connectivity index (χ1n) is 6.72. The molecule has 3 rings (SSSR count). The van der Waals surface area contributed by atoms with Gasteiger partial charge in [0.15, 0.2) is 5.82 Å². The molecule has 1 aromatic rings. The second-order valence-electron chi connectivity index (χ2n) is 5.07. The molecule has 0 saturated carbocycles. The van der Waals surface area contributed by atoms with E-state index in [-0.39, 0.29) is 17.7 Å². The molecule has 0 radical (unpaired) electrons. The second-order valence-corrected chi connectivity index (χ2v) is 6.12. The lowest BCUT2D eigenvalue weighted by Crippen LogP contribution is -2.38. The van der Waals surface area contributed by atoms with Gasteiger partial charge in [0.25, 0.3) is 5.24 Å². The summed E-state index contributed by atoms with van der Waals surface area (Å²) in [6.45, 7) is 2.19. The molecule has 1 saturated heterocycles. The van der Waals surface area contributed by atoms with E-state index in [9.17, 15) is 9.59 Å². The molecular weight excluding hydrogens is 278 g/mol. The van der Waals surface area contributed by atoms with E-state index in [0.29, 0.717) is 13.1 Å². The first kappa shape index (κ1) is 13.4. The lowest BCUT2D eigenvalue weighted by atomic mass is 10.4. The molecule has 0 aromatic carbocycles. The average molecular weight is 295 g/mol. The highest BCUT2D eigenvalue weighted by molar-refractivity contribution is 8.13. The van der Waals surface area contributed by atoms with Gasteiger partial charge in [0.2, 0.25) is 5.91 Å². The van der Waals surface area contributed by atoms with Gasteiger partial charge in [0.05, 0.1) is 6.54 Å².